The average molecular weight is 289 g/mol. The number of likely N-dealkylation sites (tertiary alicyclic amines) is 1. The van der Waals surface area contributed by atoms with Crippen molar-refractivity contribution < 1.29 is 14.3 Å². The van der Waals surface area contributed by atoms with E-state index in [1.165, 1.54) is 19.8 Å². The molecule has 0 spiro atoms. The smallest absolute Gasteiger partial charge is 0.263 e. The van der Waals surface area contributed by atoms with Gasteiger partial charge in [0.15, 0.2) is 11.9 Å². The summed E-state index contributed by atoms with van der Waals surface area (Å²) in [5, 5.41) is 0. The summed E-state index contributed by atoms with van der Waals surface area (Å²) in [5.41, 5.74) is 0.599. The van der Waals surface area contributed by atoms with E-state index in [0.717, 1.165) is 25.9 Å². The molecule has 1 aliphatic rings. The first-order valence-electron chi connectivity index (χ1n) is 7.64. The minimum absolute atomic E-state index is 0.00746. The van der Waals surface area contributed by atoms with Crippen molar-refractivity contribution in [1.29, 1.82) is 0 Å². The molecule has 0 aromatic heterocycles. The van der Waals surface area contributed by atoms with Crippen molar-refractivity contribution >= 4 is 11.7 Å². The Labute approximate surface area is 126 Å². The first kappa shape index (κ1) is 15.5. The van der Waals surface area contributed by atoms with Crippen LogP contribution in [0.5, 0.6) is 5.75 Å². The molecule has 21 heavy (non-hydrogen) atoms. The lowest BCUT2D eigenvalue weighted by Gasteiger charge is -2.24. The topological polar surface area (TPSA) is 46.6 Å². The highest BCUT2D eigenvalue weighted by Gasteiger charge is 2.22. The van der Waals surface area contributed by atoms with Crippen LogP contribution in [0.25, 0.3) is 0 Å². The molecule has 1 heterocycles. The summed E-state index contributed by atoms with van der Waals surface area (Å²) >= 11 is 0. The highest BCUT2D eigenvalue weighted by Crippen LogP contribution is 2.17. The fourth-order valence-electron chi connectivity index (χ4n) is 2.59. The summed E-state index contributed by atoms with van der Waals surface area (Å²) in [6, 6.07) is 6.98. The van der Waals surface area contributed by atoms with Gasteiger partial charge in [-0.05, 0) is 38.8 Å². The van der Waals surface area contributed by atoms with Gasteiger partial charge < -0.3 is 9.64 Å². The van der Waals surface area contributed by atoms with Gasteiger partial charge in [0.2, 0.25) is 0 Å². The van der Waals surface area contributed by atoms with E-state index in [-0.39, 0.29) is 11.7 Å². The number of ketones is 1. The molecule has 1 aliphatic heterocycles. The molecule has 1 fully saturated rings. The van der Waals surface area contributed by atoms with E-state index >= 15 is 0 Å². The Bertz CT molecular complexity index is 505. The molecule has 1 aromatic rings. The van der Waals surface area contributed by atoms with Crippen LogP contribution in [0.4, 0.5) is 0 Å². The van der Waals surface area contributed by atoms with Crippen molar-refractivity contribution in [3.05, 3.63) is 29.8 Å². The molecule has 0 radical (unpaired) electrons. The van der Waals surface area contributed by atoms with Gasteiger partial charge in [0.25, 0.3) is 5.91 Å². The molecule has 1 saturated heterocycles. The molecule has 0 N–H and O–H groups in total. The van der Waals surface area contributed by atoms with Crippen molar-refractivity contribution in [1.82, 2.24) is 4.90 Å². The zero-order chi connectivity index (χ0) is 15.2. The van der Waals surface area contributed by atoms with Crippen molar-refractivity contribution in [2.45, 2.75) is 45.6 Å². The van der Waals surface area contributed by atoms with Crippen molar-refractivity contribution in [3.8, 4) is 5.75 Å². The van der Waals surface area contributed by atoms with Gasteiger partial charge in [-0.3, -0.25) is 9.59 Å². The van der Waals surface area contributed by atoms with Crippen LogP contribution in [0.2, 0.25) is 0 Å². The van der Waals surface area contributed by atoms with E-state index in [2.05, 4.69) is 0 Å². The predicted octanol–water partition coefficient (Wildman–Crippen LogP) is 3.06. The Morgan fingerprint density at radius 3 is 2.43 bits per heavy atom. The summed E-state index contributed by atoms with van der Waals surface area (Å²) in [6.07, 6.45) is 4.00. The number of ether oxygens (including phenoxy) is 1. The van der Waals surface area contributed by atoms with E-state index in [0.29, 0.717) is 11.3 Å². The lowest BCUT2D eigenvalue weighted by Crippen LogP contribution is -2.41. The number of hydrogen-bond acceptors (Lipinski definition) is 3. The van der Waals surface area contributed by atoms with E-state index in [1.54, 1.807) is 31.2 Å². The summed E-state index contributed by atoms with van der Waals surface area (Å²) in [5.74, 6) is 0.593. The molecule has 0 aliphatic carbocycles. The van der Waals surface area contributed by atoms with E-state index in [9.17, 15) is 9.59 Å². The molecule has 4 heteroatoms. The molecule has 2 rings (SSSR count). The Kier molecular flexibility index (Phi) is 5.37. The first-order chi connectivity index (χ1) is 10.1. The van der Waals surface area contributed by atoms with Crippen molar-refractivity contribution in [3.63, 3.8) is 0 Å². The van der Waals surface area contributed by atoms with E-state index in [4.69, 9.17) is 4.74 Å². The monoisotopic (exact) mass is 289 g/mol. The lowest BCUT2D eigenvalue weighted by atomic mass is 10.1. The fraction of sp³-hybridized carbons (Fsp3) is 0.529. The van der Waals surface area contributed by atoms with Gasteiger partial charge >= 0.3 is 0 Å². The summed E-state index contributed by atoms with van der Waals surface area (Å²) in [6.45, 7) is 4.93. The number of rotatable bonds is 4. The van der Waals surface area contributed by atoms with Gasteiger partial charge in [0.1, 0.15) is 5.75 Å². The molecular formula is C17H23NO3. The number of benzene rings is 1. The van der Waals surface area contributed by atoms with Crippen molar-refractivity contribution in [2.75, 3.05) is 13.1 Å². The van der Waals surface area contributed by atoms with Crippen LogP contribution < -0.4 is 4.74 Å². The normalized spacial score (nSPS) is 17.0. The molecular weight excluding hydrogens is 266 g/mol. The maximum atomic E-state index is 12.4. The minimum Gasteiger partial charge on any atom is -0.481 e. The van der Waals surface area contributed by atoms with Gasteiger partial charge in [-0.1, -0.05) is 25.0 Å². The third kappa shape index (κ3) is 4.31. The fourth-order valence-corrected chi connectivity index (χ4v) is 2.59. The number of hydrogen-bond donors (Lipinski definition) is 0. The molecule has 1 amide bonds. The van der Waals surface area contributed by atoms with Gasteiger partial charge in [-0.25, -0.2) is 0 Å². The zero-order valence-electron chi connectivity index (χ0n) is 12.8. The molecule has 0 saturated carbocycles. The Hall–Kier alpha value is -1.84. The molecule has 0 bridgehead atoms. The number of Topliss-reactive ketones (excluding diaryl/α,β-unsaturated/α-hetero) is 1. The zero-order valence-corrected chi connectivity index (χ0v) is 12.8. The van der Waals surface area contributed by atoms with E-state index in [1.807, 2.05) is 4.90 Å². The van der Waals surface area contributed by atoms with Crippen LogP contribution in [0.1, 0.15) is 49.9 Å². The van der Waals surface area contributed by atoms with Crippen LogP contribution in [0.15, 0.2) is 24.3 Å². The lowest BCUT2D eigenvalue weighted by molar-refractivity contribution is -0.137. The molecule has 114 valence electrons. The number of nitrogens with zero attached hydrogens (tertiary/aromatic N) is 1. The van der Waals surface area contributed by atoms with E-state index < -0.39 is 6.10 Å². The number of amides is 1. The standard InChI is InChI=1S/C17H23NO3/c1-13(19)15-8-7-9-16(12-15)21-14(2)17(20)18-10-5-3-4-6-11-18/h7-9,12,14H,3-6,10-11H2,1-2H3. The quantitative estimate of drug-likeness (QED) is 0.800. The van der Waals surface area contributed by atoms with Crippen LogP contribution in [-0.4, -0.2) is 35.8 Å². The third-order valence-electron chi connectivity index (χ3n) is 3.82. The Morgan fingerprint density at radius 2 is 1.81 bits per heavy atom. The molecule has 4 nitrogen and oxygen atoms in total. The SMILES string of the molecule is CC(=O)c1cccc(OC(C)C(=O)N2CCCCCC2)c1. The van der Waals surface area contributed by atoms with Gasteiger partial charge in [-0.15, -0.1) is 0 Å². The highest BCUT2D eigenvalue weighted by atomic mass is 16.5. The second-order valence-corrected chi connectivity index (χ2v) is 5.58. The second-order valence-electron chi connectivity index (χ2n) is 5.58. The highest BCUT2D eigenvalue weighted by molar-refractivity contribution is 5.94. The maximum absolute atomic E-state index is 12.4. The molecule has 1 aromatic carbocycles. The number of carbonyl (C=O) groups excluding carboxylic acids is 2. The van der Waals surface area contributed by atoms with Crippen molar-refractivity contribution in [2.24, 2.45) is 0 Å². The summed E-state index contributed by atoms with van der Waals surface area (Å²) in [7, 11) is 0. The van der Waals surface area contributed by atoms with Crippen LogP contribution >= 0.6 is 0 Å². The summed E-state index contributed by atoms with van der Waals surface area (Å²) < 4.78 is 5.72. The number of carbonyl (C=O) groups is 2. The predicted molar refractivity (Wildman–Crippen MR) is 81.6 cm³/mol. The minimum atomic E-state index is -0.523. The molecule has 1 unspecified atom stereocenters. The maximum Gasteiger partial charge on any atom is 0.263 e. The second kappa shape index (κ2) is 7.25. The van der Waals surface area contributed by atoms with Crippen LogP contribution in [0, 0.1) is 0 Å². The van der Waals surface area contributed by atoms with Gasteiger partial charge in [0.05, 0.1) is 0 Å². The first-order valence-corrected chi connectivity index (χ1v) is 7.64. The van der Waals surface area contributed by atoms with Crippen LogP contribution in [0.3, 0.4) is 0 Å². The molecule has 1 atom stereocenters. The average Bonchev–Trinajstić information content (AvgIpc) is 2.75. The third-order valence-corrected chi connectivity index (χ3v) is 3.82. The van der Waals surface area contributed by atoms with Gasteiger partial charge in [0, 0.05) is 18.7 Å². The Morgan fingerprint density at radius 1 is 1.14 bits per heavy atom. The van der Waals surface area contributed by atoms with Crippen LogP contribution in [-0.2, 0) is 4.79 Å². The largest absolute Gasteiger partial charge is 0.481 e. The Balaban J connectivity index is 1.99. The summed E-state index contributed by atoms with van der Waals surface area (Å²) in [4.78, 5) is 25.7. The van der Waals surface area contributed by atoms with Gasteiger partial charge in [-0.2, -0.15) is 0 Å².